The van der Waals surface area contributed by atoms with E-state index in [-0.39, 0.29) is 0 Å². The standard InChI is InChI=1S/C14H14N2O3/c17-14(18)10-3-4-13-12(8-10)15-5-6-16(13)9-11-2-1-7-19-11/h1-4,7-8,15H,5-6,9H2,(H,17,18). The molecule has 0 amide bonds. The van der Waals surface area contributed by atoms with Crippen LogP contribution in [0.25, 0.3) is 0 Å². The zero-order valence-corrected chi connectivity index (χ0v) is 10.3. The molecule has 1 aromatic heterocycles. The molecule has 3 rings (SSSR count). The third-order valence-corrected chi connectivity index (χ3v) is 3.21. The van der Waals surface area contributed by atoms with Gasteiger partial charge in [0.15, 0.2) is 0 Å². The fourth-order valence-corrected chi connectivity index (χ4v) is 2.29. The van der Waals surface area contributed by atoms with E-state index in [1.165, 1.54) is 0 Å². The van der Waals surface area contributed by atoms with Crippen LogP contribution in [0.15, 0.2) is 41.0 Å². The normalized spacial score (nSPS) is 13.8. The number of aromatic carboxylic acids is 1. The smallest absolute Gasteiger partial charge is 0.335 e. The molecule has 0 saturated carbocycles. The summed E-state index contributed by atoms with van der Waals surface area (Å²) in [5, 5.41) is 12.2. The molecule has 0 spiro atoms. The molecule has 98 valence electrons. The summed E-state index contributed by atoms with van der Waals surface area (Å²) in [4.78, 5) is 13.1. The van der Waals surface area contributed by atoms with Crippen molar-refractivity contribution < 1.29 is 14.3 Å². The highest BCUT2D eigenvalue weighted by molar-refractivity contribution is 5.91. The van der Waals surface area contributed by atoms with Gasteiger partial charge < -0.3 is 19.7 Å². The predicted molar refractivity (Wildman–Crippen MR) is 71.6 cm³/mol. The number of carboxylic acid groups (broad SMARTS) is 1. The number of nitrogens with one attached hydrogen (secondary N) is 1. The summed E-state index contributed by atoms with van der Waals surface area (Å²) in [5.74, 6) is -0.0112. The second-order valence-electron chi connectivity index (χ2n) is 4.46. The van der Waals surface area contributed by atoms with E-state index in [1.54, 1.807) is 18.4 Å². The van der Waals surface area contributed by atoms with Gasteiger partial charge in [-0.2, -0.15) is 0 Å². The van der Waals surface area contributed by atoms with Crippen LogP contribution in [-0.2, 0) is 6.54 Å². The predicted octanol–water partition coefficient (Wildman–Crippen LogP) is 2.41. The topological polar surface area (TPSA) is 65.7 Å². The minimum atomic E-state index is -0.909. The Hall–Kier alpha value is -2.43. The van der Waals surface area contributed by atoms with Crippen LogP contribution in [0.5, 0.6) is 0 Å². The van der Waals surface area contributed by atoms with Crippen molar-refractivity contribution in [2.45, 2.75) is 6.54 Å². The van der Waals surface area contributed by atoms with E-state index in [0.717, 1.165) is 30.2 Å². The SMILES string of the molecule is O=C(O)c1ccc2c(c1)NCCN2Cc1ccco1. The molecule has 0 aliphatic carbocycles. The van der Waals surface area contributed by atoms with Crippen LogP contribution in [0.4, 0.5) is 11.4 Å². The van der Waals surface area contributed by atoms with Crippen LogP contribution < -0.4 is 10.2 Å². The minimum absolute atomic E-state index is 0.297. The lowest BCUT2D eigenvalue weighted by Gasteiger charge is -2.31. The van der Waals surface area contributed by atoms with E-state index in [1.807, 2.05) is 18.2 Å². The number of furan rings is 1. The van der Waals surface area contributed by atoms with Crippen LogP contribution >= 0.6 is 0 Å². The molecule has 0 bridgehead atoms. The molecule has 19 heavy (non-hydrogen) atoms. The summed E-state index contributed by atoms with van der Waals surface area (Å²) in [6.07, 6.45) is 1.66. The summed E-state index contributed by atoms with van der Waals surface area (Å²) in [6, 6.07) is 8.95. The minimum Gasteiger partial charge on any atom is -0.478 e. The van der Waals surface area contributed by atoms with Crippen molar-refractivity contribution in [3.63, 3.8) is 0 Å². The van der Waals surface area contributed by atoms with Gasteiger partial charge in [-0.1, -0.05) is 0 Å². The Morgan fingerprint density at radius 1 is 1.42 bits per heavy atom. The molecule has 2 aromatic rings. The van der Waals surface area contributed by atoms with E-state index in [4.69, 9.17) is 9.52 Å². The first-order chi connectivity index (χ1) is 9.24. The van der Waals surface area contributed by atoms with Gasteiger partial charge in [0.2, 0.25) is 0 Å². The van der Waals surface area contributed by atoms with Crippen LogP contribution in [-0.4, -0.2) is 24.2 Å². The van der Waals surface area contributed by atoms with E-state index in [2.05, 4.69) is 10.2 Å². The summed E-state index contributed by atoms with van der Waals surface area (Å²) < 4.78 is 5.36. The zero-order valence-electron chi connectivity index (χ0n) is 10.3. The maximum atomic E-state index is 11.0. The summed E-state index contributed by atoms with van der Waals surface area (Å²) in [5.41, 5.74) is 2.16. The number of carboxylic acids is 1. The monoisotopic (exact) mass is 258 g/mol. The molecule has 0 radical (unpaired) electrons. The molecule has 1 aliphatic rings. The number of rotatable bonds is 3. The Balaban J connectivity index is 1.89. The van der Waals surface area contributed by atoms with Crippen LogP contribution in [0, 0.1) is 0 Å². The molecule has 2 N–H and O–H groups in total. The van der Waals surface area contributed by atoms with Gasteiger partial charge in [0.25, 0.3) is 0 Å². The summed E-state index contributed by atoms with van der Waals surface area (Å²) in [6.45, 7) is 2.34. The molecule has 0 fully saturated rings. The highest BCUT2D eigenvalue weighted by atomic mass is 16.4. The maximum Gasteiger partial charge on any atom is 0.335 e. The quantitative estimate of drug-likeness (QED) is 0.885. The number of hydrogen-bond acceptors (Lipinski definition) is 4. The molecular weight excluding hydrogens is 244 g/mol. The van der Waals surface area contributed by atoms with Crippen molar-refractivity contribution >= 4 is 17.3 Å². The molecule has 0 atom stereocenters. The van der Waals surface area contributed by atoms with Gasteiger partial charge in [-0.15, -0.1) is 0 Å². The van der Waals surface area contributed by atoms with Crippen molar-refractivity contribution in [2.75, 3.05) is 23.3 Å². The largest absolute Gasteiger partial charge is 0.478 e. The van der Waals surface area contributed by atoms with Gasteiger partial charge in [-0.25, -0.2) is 4.79 Å². The molecule has 5 heteroatoms. The fraction of sp³-hybridized carbons (Fsp3) is 0.214. The van der Waals surface area contributed by atoms with Crippen molar-refractivity contribution in [1.29, 1.82) is 0 Å². The van der Waals surface area contributed by atoms with E-state index >= 15 is 0 Å². The van der Waals surface area contributed by atoms with E-state index in [9.17, 15) is 4.79 Å². The number of anilines is 2. The first-order valence-electron chi connectivity index (χ1n) is 6.12. The Labute approximate surface area is 110 Å². The summed E-state index contributed by atoms with van der Waals surface area (Å²) >= 11 is 0. The highest BCUT2D eigenvalue weighted by Gasteiger charge is 2.18. The number of hydrogen-bond donors (Lipinski definition) is 2. The molecule has 2 heterocycles. The fourth-order valence-electron chi connectivity index (χ4n) is 2.29. The molecular formula is C14H14N2O3. The molecule has 1 aliphatic heterocycles. The lowest BCUT2D eigenvalue weighted by atomic mass is 10.1. The van der Waals surface area contributed by atoms with Gasteiger partial charge in [-0.3, -0.25) is 0 Å². The molecule has 0 unspecified atom stereocenters. The average Bonchev–Trinajstić information content (AvgIpc) is 2.91. The van der Waals surface area contributed by atoms with Gasteiger partial charge in [0, 0.05) is 13.1 Å². The molecule has 1 aromatic carbocycles. The number of fused-ring (bicyclic) bond motifs is 1. The Morgan fingerprint density at radius 2 is 2.32 bits per heavy atom. The summed E-state index contributed by atoms with van der Waals surface area (Å²) in [7, 11) is 0. The van der Waals surface area contributed by atoms with Gasteiger partial charge in [-0.05, 0) is 30.3 Å². The lowest BCUT2D eigenvalue weighted by Crippen LogP contribution is -2.33. The van der Waals surface area contributed by atoms with Gasteiger partial charge >= 0.3 is 5.97 Å². The molecule has 0 saturated heterocycles. The number of nitrogens with zero attached hydrogens (tertiary/aromatic N) is 1. The zero-order chi connectivity index (χ0) is 13.2. The van der Waals surface area contributed by atoms with Crippen molar-refractivity contribution in [3.8, 4) is 0 Å². The van der Waals surface area contributed by atoms with Crippen molar-refractivity contribution in [1.82, 2.24) is 0 Å². The highest BCUT2D eigenvalue weighted by Crippen LogP contribution is 2.31. The Morgan fingerprint density at radius 3 is 3.05 bits per heavy atom. The Kier molecular flexibility index (Phi) is 2.87. The first kappa shape index (κ1) is 11.6. The van der Waals surface area contributed by atoms with Gasteiger partial charge in [0.1, 0.15) is 5.76 Å². The van der Waals surface area contributed by atoms with Crippen molar-refractivity contribution in [3.05, 3.63) is 47.9 Å². The first-order valence-corrected chi connectivity index (χ1v) is 6.12. The number of benzene rings is 1. The second kappa shape index (κ2) is 4.68. The van der Waals surface area contributed by atoms with E-state index < -0.39 is 5.97 Å². The van der Waals surface area contributed by atoms with Crippen molar-refractivity contribution in [2.24, 2.45) is 0 Å². The maximum absolute atomic E-state index is 11.0. The molecule has 5 nitrogen and oxygen atoms in total. The third-order valence-electron chi connectivity index (χ3n) is 3.21. The van der Waals surface area contributed by atoms with E-state index in [0.29, 0.717) is 12.1 Å². The lowest BCUT2D eigenvalue weighted by molar-refractivity contribution is 0.0697. The number of carbonyl (C=O) groups is 1. The Bertz CT molecular complexity index is 593. The average molecular weight is 258 g/mol. The second-order valence-corrected chi connectivity index (χ2v) is 4.46. The van der Waals surface area contributed by atoms with Crippen LogP contribution in [0.3, 0.4) is 0 Å². The van der Waals surface area contributed by atoms with Crippen LogP contribution in [0.2, 0.25) is 0 Å². The van der Waals surface area contributed by atoms with Gasteiger partial charge in [0.05, 0.1) is 29.7 Å². The third kappa shape index (κ3) is 2.27. The van der Waals surface area contributed by atoms with Crippen LogP contribution in [0.1, 0.15) is 16.1 Å².